The van der Waals surface area contributed by atoms with Crippen LogP contribution in [-0.4, -0.2) is 21.9 Å². The molecule has 0 atom stereocenters. The number of anilines is 1. The van der Waals surface area contributed by atoms with Gasteiger partial charge in [-0.3, -0.25) is 19.8 Å². The van der Waals surface area contributed by atoms with Crippen molar-refractivity contribution in [3.63, 3.8) is 0 Å². The van der Waals surface area contributed by atoms with Crippen molar-refractivity contribution >= 4 is 51.7 Å². The minimum absolute atomic E-state index is 0.0311. The Balaban J connectivity index is 1.76. The summed E-state index contributed by atoms with van der Waals surface area (Å²) in [7, 11) is 0. The second kappa shape index (κ2) is 6.63. The molecule has 2 aliphatic rings. The van der Waals surface area contributed by atoms with Crippen LogP contribution < -0.4 is 14.4 Å². The molecular weight excluding hydrogens is 395 g/mol. The summed E-state index contributed by atoms with van der Waals surface area (Å²) >= 11 is 6.14. The fourth-order valence-electron chi connectivity index (χ4n) is 2.67. The number of nitro benzene ring substituents is 1. The van der Waals surface area contributed by atoms with Crippen molar-refractivity contribution in [3.8, 4) is 11.5 Å². The van der Waals surface area contributed by atoms with Gasteiger partial charge < -0.3 is 9.47 Å². The Labute approximate surface area is 161 Å². The number of rotatable bonds is 3. The van der Waals surface area contributed by atoms with Crippen LogP contribution in [0.2, 0.25) is 0 Å². The molecule has 0 unspecified atom stereocenters. The maximum Gasteiger partial charge on any atom is 0.280 e. The Morgan fingerprint density at radius 1 is 1.26 bits per heavy atom. The van der Waals surface area contributed by atoms with Crippen molar-refractivity contribution < 1.29 is 23.6 Å². The van der Waals surface area contributed by atoms with Crippen LogP contribution in [0.25, 0.3) is 6.08 Å². The highest BCUT2D eigenvalue weighted by Gasteiger charge is 2.35. The van der Waals surface area contributed by atoms with Crippen molar-refractivity contribution in [3.05, 3.63) is 62.8 Å². The number of fused-ring (bicyclic) bond motifs is 1. The average molecular weight is 404 g/mol. The summed E-state index contributed by atoms with van der Waals surface area (Å²) in [4.78, 5) is 24.8. The summed E-state index contributed by atoms with van der Waals surface area (Å²) < 4.78 is 24.6. The molecule has 0 aromatic heterocycles. The molecule has 2 aromatic rings. The zero-order chi connectivity index (χ0) is 19.1. The zero-order valence-corrected chi connectivity index (χ0v) is 15.0. The number of halogens is 1. The number of benzene rings is 2. The van der Waals surface area contributed by atoms with Crippen LogP contribution in [-0.2, 0) is 4.79 Å². The van der Waals surface area contributed by atoms with E-state index in [0.29, 0.717) is 5.75 Å². The van der Waals surface area contributed by atoms with E-state index in [1.54, 1.807) is 6.07 Å². The Morgan fingerprint density at radius 3 is 2.67 bits per heavy atom. The number of thiocarbonyl (C=S) groups is 1. The molecule has 0 aliphatic carbocycles. The fraction of sp³-hybridized carbons (Fsp3) is 0.0588. The molecule has 2 aliphatic heterocycles. The lowest BCUT2D eigenvalue weighted by atomic mass is 10.1. The lowest BCUT2D eigenvalue weighted by Crippen LogP contribution is -2.28. The van der Waals surface area contributed by atoms with Crippen LogP contribution in [0, 0.1) is 15.9 Å². The fourth-order valence-corrected chi connectivity index (χ4v) is 3.95. The molecule has 0 N–H and O–H groups in total. The summed E-state index contributed by atoms with van der Waals surface area (Å²) in [5.41, 5.74) is -0.0442. The highest BCUT2D eigenvalue weighted by atomic mass is 32.2. The van der Waals surface area contributed by atoms with E-state index in [4.69, 9.17) is 21.7 Å². The van der Waals surface area contributed by atoms with Gasteiger partial charge in [0.05, 0.1) is 27.1 Å². The SMILES string of the molecule is O=C1C(=Cc2cc3c(cc2[N+](=O)[O-])OCO3)SC(=S)N1c1ccccc1F. The minimum Gasteiger partial charge on any atom is -0.454 e. The van der Waals surface area contributed by atoms with Gasteiger partial charge in [0.2, 0.25) is 6.79 Å². The van der Waals surface area contributed by atoms with Crippen LogP contribution in [0.3, 0.4) is 0 Å². The van der Waals surface area contributed by atoms with Gasteiger partial charge in [0.15, 0.2) is 15.8 Å². The monoisotopic (exact) mass is 404 g/mol. The standard InChI is InChI=1S/C17H9FN2O5S2/c18-10-3-1-2-4-11(10)19-16(21)15(27-17(19)26)6-9-5-13-14(25-8-24-13)7-12(9)20(22)23/h1-7H,8H2. The molecule has 0 bridgehead atoms. The number of nitrogens with zero attached hydrogens (tertiary/aromatic N) is 2. The van der Waals surface area contributed by atoms with Gasteiger partial charge in [-0.1, -0.05) is 36.1 Å². The first-order valence-corrected chi connectivity index (χ1v) is 8.78. The van der Waals surface area contributed by atoms with Gasteiger partial charge in [-0.15, -0.1) is 0 Å². The first-order valence-electron chi connectivity index (χ1n) is 7.56. The summed E-state index contributed by atoms with van der Waals surface area (Å²) in [5.74, 6) is -0.541. The highest BCUT2D eigenvalue weighted by molar-refractivity contribution is 8.27. The number of carbonyl (C=O) groups is 1. The number of hydrogen-bond donors (Lipinski definition) is 0. The molecule has 4 rings (SSSR count). The lowest BCUT2D eigenvalue weighted by molar-refractivity contribution is -0.385. The second-order valence-corrected chi connectivity index (χ2v) is 7.17. The lowest BCUT2D eigenvalue weighted by Gasteiger charge is -2.14. The van der Waals surface area contributed by atoms with Crippen LogP contribution in [0.15, 0.2) is 41.3 Å². The predicted molar refractivity (Wildman–Crippen MR) is 101 cm³/mol. The summed E-state index contributed by atoms with van der Waals surface area (Å²) in [6, 6.07) is 8.42. The normalized spacial score (nSPS) is 17.1. The predicted octanol–water partition coefficient (Wildman–Crippen LogP) is 3.87. The maximum absolute atomic E-state index is 14.1. The molecule has 1 saturated heterocycles. The van der Waals surface area contributed by atoms with Gasteiger partial charge >= 0.3 is 0 Å². The molecule has 1 amide bonds. The average Bonchev–Trinajstić information content (AvgIpc) is 3.19. The molecule has 0 spiro atoms. The Kier molecular flexibility index (Phi) is 4.28. The zero-order valence-electron chi connectivity index (χ0n) is 13.4. The first-order chi connectivity index (χ1) is 13.0. The van der Waals surface area contributed by atoms with E-state index in [9.17, 15) is 19.3 Å². The van der Waals surface area contributed by atoms with Gasteiger partial charge in [0.25, 0.3) is 11.6 Å². The number of hydrogen-bond acceptors (Lipinski definition) is 7. The number of nitro groups is 1. The third-order valence-corrected chi connectivity index (χ3v) is 5.19. The smallest absolute Gasteiger partial charge is 0.280 e. The number of para-hydroxylation sites is 1. The number of ether oxygens (including phenoxy) is 2. The van der Waals surface area contributed by atoms with Crippen LogP contribution in [0.4, 0.5) is 15.8 Å². The van der Waals surface area contributed by atoms with Gasteiger partial charge in [-0.25, -0.2) is 4.39 Å². The molecule has 136 valence electrons. The summed E-state index contributed by atoms with van der Waals surface area (Å²) in [5, 5.41) is 11.4. The maximum atomic E-state index is 14.1. The van der Waals surface area contributed by atoms with Gasteiger partial charge in [0, 0.05) is 0 Å². The van der Waals surface area contributed by atoms with Crippen molar-refractivity contribution in [2.75, 3.05) is 11.7 Å². The van der Waals surface area contributed by atoms with E-state index in [1.165, 1.54) is 36.4 Å². The van der Waals surface area contributed by atoms with Crippen LogP contribution in [0.5, 0.6) is 11.5 Å². The van der Waals surface area contributed by atoms with Crippen molar-refractivity contribution in [2.45, 2.75) is 0 Å². The molecule has 1 fully saturated rings. The van der Waals surface area contributed by atoms with E-state index >= 15 is 0 Å². The van der Waals surface area contributed by atoms with Gasteiger partial charge in [0.1, 0.15) is 5.82 Å². The second-order valence-electron chi connectivity index (χ2n) is 5.49. The van der Waals surface area contributed by atoms with E-state index < -0.39 is 16.6 Å². The Hall–Kier alpha value is -2.98. The van der Waals surface area contributed by atoms with Crippen molar-refractivity contribution in [1.29, 1.82) is 0 Å². The van der Waals surface area contributed by atoms with E-state index in [0.717, 1.165) is 16.7 Å². The largest absolute Gasteiger partial charge is 0.454 e. The first kappa shape index (κ1) is 17.4. The Bertz CT molecular complexity index is 1040. The molecule has 7 nitrogen and oxygen atoms in total. The van der Waals surface area contributed by atoms with Crippen molar-refractivity contribution in [2.24, 2.45) is 0 Å². The Morgan fingerprint density at radius 2 is 1.96 bits per heavy atom. The number of thioether (sulfide) groups is 1. The molecule has 2 heterocycles. The summed E-state index contributed by atoms with van der Waals surface area (Å²) in [6.07, 6.45) is 1.35. The third-order valence-electron chi connectivity index (χ3n) is 3.89. The van der Waals surface area contributed by atoms with E-state index in [2.05, 4.69) is 0 Å². The third kappa shape index (κ3) is 3.02. The molecule has 27 heavy (non-hydrogen) atoms. The molecular formula is C17H9FN2O5S2. The molecule has 10 heteroatoms. The van der Waals surface area contributed by atoms with E-state index in [1.807, 2.05) is 0 Å². The molecule has 0 saturated carbocycles. The minimum atomic E-state index is -0.593. The molecule has 0 radical (unpaired) electrons. The molecule has 2 aromatic carbocycles. The van der Waals surface area contributed by atoms with Gasteiger partial charge in [-0.05, 0) is 24.3 Å². The van der Waals surface area contributed by atoms with Crippen LogP contribution in [0.1, 0.15) is 5.56 Å². The van der Waals surface area contributed by atoms with Crippen LogP contribution >= 0.6 is 24.0 Å². The number of carbonyl (C=O) groups excluding carboxylic acids is 1. The quantitative estimate of drug-likeness (QED) is 0.332. The summed E-state index contributed by atoms with van der Waals surface area (Å²) in [6.45, 7) is -0.0364. The van der Waals surface area contributed by atoms with E-state index in [-0.39, 0.29) is 38.7 Å². The van der Waals surface area contributed by atoms with Crippen molar-refractivity contribution in [1.82, 2.24) is 0 Å². The van der Waals surface area contributed by atoms with Gasteiger partial charge in [-0.2, -0.15) is 0 Å². The topological polar surface area (TPSA) is 81.9 Å². The highest BCUT2D eigenvalue weighted by Crippen LogP contribution is 2.41. The number of amides is 1.